The maximum Gasteiger partial charge on any atom is 0.185 e. The van der Waals surface area contributed by atoms with Crippen molar-refractivity contribution in [1.29, 1.82) is 0 Å². The van der Waals surface area contributed by atoms with Crippen molar-refractivity contribution < 1.29 is 9.84 Å². The third-order valence-corrected chi connectivity index (χ3v) is 3.81. The van der Waals surface area contributed by atoms with Crippen LogP contribution in [0.5, 0.6) is 0 Å². The molecule has 0 spiro atoms. The third kappa shape index (κ3) is 3.17. The molecule has 4 nitrogen and oxygen atoms in total. The monoisotopic (exact) mass is 244 g/mol. The molecule has 0 radical (unpaired) electrons. The molecule has 1 aromatic heterocycles. The molecule has 1 unspecified atom stereocenters. The zero-order valence-corrected chi connectivity index (χ0v) is 11.2. The molecule has 0 amide bonds. The number of aliphatic hydroxyl groups is 1. The first-order valence-electron chi connectivity index (χ1n) is 5.49. The van der Waals surface area contributed by atoms with Gasteiger partial charge in [-0.2, -0.15) is 0 Å². The summed E-state index contributed by atoms with van der Waals surface area (Å²) in [4.78, 5) is 7.59. The highest BCUT2D eigenvalue weighted by molar-refractivity contribution is 7.15. The molecule has 1 aromatic rings. The van der Waals surface area contributed by atoms with Crippen LogP contribution in [-0.2, 0) is 4.74 Å². The summed E-state index contributed by atoms with van der Waals surface area (Å²) in [5, 5.41) is 10.5. The van der Waals surface area contributed by atoms with Crippen molar-refractivity contribution in [2.24, 2.45) is 0 Å². The second-order valence-electron chi connectivity index (χ2n) is 3.69. The minimum Gasteiger partial charge on any atom is -0.388 e. The molecule has 1 N–H and O–H groups in total. The third-order valence-electron chi connectivity index (χ3n) is 2.42. The number of aliphatic hydroxyl groups excluding tert-OH is 1. The Labute approximate surface area is 101 Å². The van der Waals surface area contributed by atoms with Gasteiger partial charge in [-0.05, 0) is 20.8 Å². The summed E-state index contributed by atoms with van der Waals surface area (Å²) < 4.78 is 5.07. The van der Waals surface area contributed by atoms with Gasteiger partial charge in [0, 0.05) is 20.2 Å². The lowest BCUT2D eigenvalue weighted by Gasteiger charge is -2.18. The van der Waals surface area contributed by atoms with Gasteiger partial charge < -0.3 is 14.7 Å². The van der Waals surface area contributed by atoms with Crippen LogP contribution in [0, 0.1) is 6.92 Å². The number of thiazole rings is 1. The molecular formula is C11H20N2O2S. The Morgan fingerprint density at radius 3 is 2.69 bits per heavy atom. The van der Waals surface area contributed by atoms with Gasteiger partial charge in [0.2, 0.25) is 0 Å². The fourth-order valence-corrected chi connectivity index (χ4v) is 2.60. The number of hydrogen-bond acceptors (Lipinski definition) is 5. The molecule has 1 rings (SSSR count). The van der Waals surface area contributed by atoms with Gasteiger partial charge in [0.25, 0.3) is 0 Å². The second kappa shape index (κ2) is 6.18. The molecular weight excluding hydrogens is 224 g/mol. The topological polar surface area (TPSA) is 45.6 Å². The van der Waals surface area contributed by atoms with Gasteiger partial charge in [-0.3, -0.25) is 0 Å². The highest BCUT2D eigenvalue weighted by Gasteiger charge is 2.15. The first-order chi connectivity index (χ1) is 7.60. The first-order valence-corrected chi connectivity index (χ1v) is 6.31. The van der Waals surface area contributed by atoms with Crippen LogP contribution in [0.2, 0.25) is 0 Å². The average Bonchev–Trinajstić information content (AvgIpc) is 2.62. The molecule has 0 aliphatic carbocycles. The van der Waals surface area contributed by atoms with Gasteiger partial charge in [0.15, 0.2) is 5.13 Å². The van der Waals surface area contributed by atoms with E-state index < -0.39 is 6.10 Å². The summed E-state index contributed by atoms with van der Waals surface area (Å²) in [6.45, 7) is 8.22. The Hall–Kier alpha value is -0.650. The lowest BCUT2D eigenvalue weighted by molar-refractivity contribution is 0.202. The molecule has 0 saturated heterocycles. The van der Waals surface area contributed by atoms with Gasteiger partial charge in [-0.1, -0.05) is 11.3 Å². The Morgan fingerprint density at radius 1 is 1.56 bits per heavy atom. The summed E-state index contributed by atoms with van der Waals surface area (Å²) in [6.07, 6.45) is -0.438. The molecule has 0 aliphatic rings. The predicted octanol–water partition coefficient (Wildman–Crippen LogP) is 1.98. The van der Waals surface area contributed by atoms with Crippen LogP contribution < -0.4 is 4.90 Å². The number of methoxy groups -OCH3 is 1. The van der Waals surface area contributed by atoms with Crippen LogP contribution in [0.15, 0.2) is 0 Å². The van der Waals surface area contributed by atoms with E-state index in [1.807, 2.05) is 6.92 Å². The van der Waals surface area contributed by atoms with E-state index in [9.17, 15) is 5.11 Å². The molecule has 92 valence electrons. The summed E-state index contributed by atoms with van der Waals surface area (Å²) in [5.41, 5.74) is 0.922. The lowest BCUT2D eigenvalue weighted by Crippen LogP contribution is -2.26. The zero-order valence-electron chi connectivity index (χ0n) is 10.4. The summed E-state index contributed by atoms with van der Waals surface area (Å²) >= 11 is 1.56. The minimum atomic E-state index is -0.438. The minimum absolute atomic E-state index is 0.438. The van der Waals surface area contributed by atoms with Crippen molar-refractivity contribution >= 4 is 16.5 Å². The number of aryl methyl sites for hydroxylation is 1. The maximum atomic E-state index is 9.58. The van der Waals surface area contributed by atoms with E-state index in [1.54, 1.807) is 25.4 Å². The predicted molar refractivity (Wildman–Crippen MR) is 67.2 cm³/mol. The molecule has 0 fully saturated rings. The van der Waals surface area contributed by atoms with Crippen molar-refractivity contribution in [3.05, 3.63) is 10.6 Å². The number of likely N-dealkylation sites (N-methyl/N-ethyl adjacent to an activating group) is 1. The molecule has 1 atom stereocenters. The Kier molecular flexibility index (Phi) is 5.18. The Bertz CT molecular complexity index is 326. The van der Waals surface area contributed by atoms with Gasteiger partial charge >= 0.3 is 0 Å². The van der Waals surface area contributed by atoms with Crippen molar-refractivity contribution in [3.8, 4) is 0 Å². The molecule has 0 bridgehead atoms. The highest BCUT2D eigenvalue weighted by Crippen LogP contribution is 2.30. The normalized spacial score (nSPS) is 12.8. The number of ether oxygens (including phenoxy) is 1. The van der Waals surface area contributed by atoms with E-state index in [0.29, 0.717) is 6.61 Å². The Balaban J connectivity index is 2.81. The van der Waals surface area contributed by atoms with E-state index >= 15 is 0 Å². The van der Waals surface area contributed by atoms with Crippen molar-refractivity contribution in [2.75, 3.05) is 31.7 Å². The SMILES string of the molecule is CCN(CCOC)c1nc(C)c(C(C)O)s1. The lowest BCUT2D eigenvalue weighted by atomic mass is 10.3. The molecule has 16 heavy (non-hydrogen) atoms. The number of nitrogens with zero attached hydrogens (tertiary/aromatic N) is 2. The van der Waals surface area contributed by atoms with Crippen LogP contribution in [0.25, 0.3) is 0 Å². The quantitative estimate of drug-likeness (QED) is 0.831. The van der Waals surface area contributed by atoms with Crippen LogP contribution in [0.1, 0.15) is 30.5 Å². The van der Waals surface area contributed by atoms with E-state index in [2.05, 4.69) is 16.8 Å². The average molecular weight is 244 g/mol. The summed E-state index contributed by atoms with van der Waals surface area (Å²) in [6, 6.07) is 0. The fourth-order valence-electron chi connectivity index (χ4n) is 1.51. The van der Waals surface area contributed by atoms with E-state index in [1.165, 1.54) is 0 Å². The maximum absolute atomic E-state index is 9.58. The van der Waals surface area contributed by atoms with Crippen LogP contribution >= 0.6 is 11.3 Å². The van der Waals surface area contributed by atoms with E-state index in [0.717, 1.165) is 28.8 Å². The summed E-state index contributed by atoms with van der Waals surface area (Å²) in [5.74, 6) is 0. The molecule has 0 aromatic carbocycles. The van der Waals surface area contributed by atoms with Crippen molar-refractivity contribution in [1.82, 2.24) is 4.98 Å². The molecule has 0 aliphatic heterocycles. The van der Waals surface area contributed by atoms with Crippen LogP contribution in [-0.4, -0.2) is 36.9 Å². The molecule has 1 heterocycles. The fraction of sp³-hybridized carbons (Fsp3) is 0.727. The number of rotatable bonds is 6. The van der Waals surface area contributed by atoms with Crippen molar-refractivity contribution in [3.63, 3.8) is 0 Å². The van der Waals surface area contributed by atoms with Gasteiger partial charge in [0.1, 0.15) is 0 Å². The number of aromatic nitrogens is 1. The van der Waals surface area contributed by atoms with Gasteiger partial charge in [-0.25, -0.2) is 4.98 Å². The van der Waals surface area contributed by atoms with Crippen LogP contribution in [0.3, 0.4) is 0 Å². The largest absolute Gasteiger partial charge is 0.388 e. The van der Waals surface area contributed by atoms with E-state index in [-0.39, 0.29) is 0 Å². The van der Waals surface area contributed by atoms with Gasteiger partial charge in [-0.15, -0.1) is 0 Å². The Morgan fingerprint density at radius 2 is 2.25 bits per heavy atom. The molecule has 5 heteroatoms. The number of hydrogen-bond donors (Lipinski definition) is 1. The molecule has 0 saturated carbocycles. The second-order valence-corrected chi connectivity index (χ2v) is 4.70. The first kappa shape index (κ1) is 13.4. The van der Waals surface area contributed by atoms with E-state index in [4.69, 9.17) is 4.74 Å². The smallest absolute Gasteiger partial charge is 0.185 e. The van der Waals surface area contributed by atoms with Crippen LogP contribution in [0.4, 0.5) is 5.13 Å². The van der Waals surface area contributed by atoms with Crippen molar-refractivity contribution in [2.45, 2.75) is 26.9 Å². The standard InChI is InChI=1S/C11H20N2O2S/c1-5-13(6-7-15-4)11-12-8(2)10(16-11)9(3)14/h9,14H,5-7H2,1-4H3. The zero-order chi connectivity index (χ0) is 12.1. The highest BCUT2D eigenvalue weighted by atomic mass is 32.1. The van der Waals surface area contributed by atoms with Gasteiger partial charge in [0.05, 0.1) is 23.3 Å². The number of anilines is 1. The summed E-state index contributed by atoms with van der Waals surface area (Å²) in [7, 11) is 1.70.